The molecule has 0 saturated heterocycles. The van der Waals surface area contributed by atoms with E-state index in [-0.39, 0.29) is 11.9 Å². The molecule has 2 rings (SSSR count). The fourth-order valence-corrected chi connectivity index (χ4v) is 3.33. The van der Waals surface area contributed by atoms with E-state index in [1.54, 1.807) is 0 Å². The molecule has 0 fully saturated rings. The van der Waals surface area contributed by atoms with Crippen LogP contribution in [0.25, 0.3) is 0 Å². The van der Waals surface area contributed by atoms with Gasteiger partial charge in [-0.05, 0) is 36.5 Å². The number of hydrogen-bond donors (Lipinski definition) is 2. The van der Waals surface area contributed by atoms with Crippen LogP contribution in [-0.2, 0) is 4.79 Å². The highest BCUT2D eigenvalue weighted by Gasteiger charge is 2.21. The molecule has 0 unspecified atom stereocenters. The third-order valence-electron chi connectivity index (χ3n) is 5.01. The molecular weight excluding hydrogens is 320 g/mol. The summed E-state index contributed by atoms with van der Waals surface area (Å²) < 4.78 is 0. The van der Waals surface area contributed by atoms with Gasteiger partial charge in [0.05, 0.1) is 0 Å². The summed E-state index contributed by atoms with van der Waals surface area (Å²) in [4.78, 5) is 12.5. The van der Waals surface area contributed by atoms with Crippen LogP contribution in [0.1, 0.15) is 61.9 Å². The molecule has 3 heteroatoms. The highest BCUT2D eigenvalue weighted by Crippen LogP contribution is 2.21. The lowest BCUT2D eigenvalue weighted by atomic mass is 9.93. The normalized spacial score (nSPS) is 12.5. The Kier molecular flexibility index (Phi) is 6.98. The van der Waals surface area contributed by atoms with Crippen LogP contribution in [0.5, 0.6) is 0 Å². The minimum atomic E-state index is 0.0480. The quantitative estimate of drug-likeness (QED) is 0.765. The molecule has 0 aliphatic carbocycles. The summed E-state index contributed by atoms with van der Waals surface area (Å²) in [6.07, 6.45) is 0. The minimum Gasteiger partial charge on any atom is -0.332 e. The van der Waals surface area contributed by atoms with Crippen molar-refractivity contribution in [2.45, 2.75) is 53.5 Å². The summed E-state index contributed by atoms with van der Waals surface area (Å²) in [7, 11) is 0. The van der Waals surface area contributed by atoms with E-state index in [0.717, 1.165) is 16.8 Å². The minimum absolute atomic E-state index is 0.0480. The van der Waals surface area contributed by atoms with Crippen LogP contribution >= 0.6 is 0 Å². The number of nitrogens with one attached hydrogen (secondary N) is 1. The van der Waals surface area contributed by atoms with Crippen LogP contribution in [0, 0.1) is 19.8 Å². The van der Waals surface area contributed by atoms with Crippen molar-refractivity contribution >= 4 is 11.6 Å². The van der Waals surface area contributed by atoms with E-state index in [9.17, 15) is 4.79 Å². The number of anilines is 1. The maximum Gasteiger partial charge on any atom is 0.279 e. The molecule has 0 aromatic heterocycles. The van der Waals surface area contributed by atoms with Gasteiger partial charge in [-0.15, -0.1) is 0 Å². The van der Waals surface area contributed by atoms with E-state index in [0.29, 0.717) is 18.4 Å². The predicted octanol–water partition coefficient (Wildman–Crippen LogP) is 4.33. The number of aryl methyl sites for hydroxylation is 2. The fourth-order valence-electron chi connectivity index (χ4n) is 3.33. The number of amides is 1. The van der Waals surface area contributed by atoms with Crippen molar-refractivity contribution in [3.05, 3.63) is 64.7 Å². The van der Waals surface area contributed by atoms with E-state index >= 15 is 0 Å². The average Bonchev–Trinajstić information content (AvgIpc) is 2.58. The summed E-state index contributed by atoms with van der Waals surface area (Å²) in [5, 5.41) is 5.23. The second kappa shape index (κ2) is 9.00. The van der Waals surface area contributed by atoms with Crippen molar-refractivity contribution in [2.24, 2.45) is 5.92 Å². The van der Waals surface area contributed by atoms with Crippen LogP contribution in [0.2, 0.25) is 0 Å². The van der Waals surface area contributed by atoms with Crippen LogP contribution in [-0.4, -0.2) is 12.5 Å². The Morgan fingerprint density at radius 2 is 1.46 bits per heavy atom. The van der Waals surface area contributed by atoms with E-state index in [4.69, 9.17) is 0 Å². The molecule has 26 heavy (non-hydrogen) atoms. The Balaban J connectivity index is 2.03. The summed E-state index contributed by atoms with van der Waals surface area (Å²) in [5.74, 6) is 1.04. The molecule has 1 amide bonds. The zero-order valence-electron chi connectivity index (χ0n) is 17.0. The molecule has 0 bridgehead atoms. The monoisotopic (exact) mass is 353 g/mol. The van der Waals surface area contributed by atoms with Crippen LogP contribution in [0.15, 0.2) is 42.5 Å². The van der Waals surface area contributed by atoms with Crippen LogP contribution in [0.4, 0.5) is 5.69 Å². The van der Waals surface area contributed by atoms with Crippen molar-refractivity contribution in [2.75, 3.05) is 11.9 Å². The average molecular weight is 354 g/mol. The number of quaternary nitrogens is 1. The van der Waals surface area contributed by atoms with Gasteiger partial charge >= 0.3 is 0 Å². The summed E-state index contributed by atoms with van der Waals surface area (Å²) in [5.41, 5.74) is 5.77. The number of para-hydroxylation sites is 1. The molecule has 0 aliphatic rings. The molecule has 3 nitrogen and oxygen atoms in total. The molecule has 2 aromatic carbocycles. The molecule has 0 saturated carbocycles. The van der Waals surface area contributed by atoms with Gasteiger partial charge in [0.15, 0.2) is 6.54 Å². The largest absolute Gasteiger partial charge is 0.332 e. The Hall–Kier alpha value is -2.13. The van der Waals surface area contributed by atoms with Gasteiger partial charge in [-0.2, -0.15) is 0 Å². The van der Waals surface area contributed by atoms with Gasteiger partial charge in [0.1, 0.15) is 6.04 Å². The SMILES string of the molecule is Cc1cccc(C)c1NC(=O)C[NH2+][C@H](c1ccc(C(C)C)cc1)C(C)C. The zero-order chi connectivity index (χ0) is 19.3. The predicted molar refractivity (Wildman–Crippen MR) is 109 cm³/mol. The van der Waals surface area contributed by atoms with Crippen molar-refractivity contribution in [3.8, 4) is 0 Å². The first-order chi connectivity index (χ1) is 12.3. The topological polar surface area (TPSA) is 45.7 Å². The lowest BCUT2D eigenvalue weighted by Crippen LogP contribution is -2.88. The van der Waals surface area contributed by atoms with Gasteiger partial charge in [0.2, 0.25) is 0 Å². The number of hydrogen-bond acceptors (Lipinski definition) is 1. The van der Waals surface area contributed by atoms with Gasteiger partial charge in [0, 0.05) is 17.2 Å². The third-order valence-corrected chi connectivity index (χ3v) is 5.01. The molecule has 2 aromatic rings. The number of rotatable bonds is 7. The van der Waals surface area contributed by atoms with Gasteiger partial charge in [0.25, 0.3) is 5.91 Å². The van der Waals surface area contributed by atoms with Gasteiger partial charge in [-0.3, -0.25) is 4.79 Å². The molecule has 0 heterocycles. The molecule has 140 valence electrons. The number of carbonyl (C=O) groups is 1. The first-order valence-corrected chi connectivity index (χ1v) is 9.58. The maximum atomic E-state index is 12.5. The van der Waals surface area contributed by atoms with E-state index in [1.165, 1.54) is 11.1 Å². The molecule has 0 radical (unpaired) electrons. The van der Waals surface area contributed by atoms with E-state index in [2.05, 4.69) is 62.6 Å². The Morgan fingerprint density at radius 1 is 0.923 bits per heavy atom. The maximum absolute atomic E-state index is 12.5. The molecule has 3 N–H and O–H groups in total. The second-order valence-electron chi connectivity index (χ2n) is 7.85. The molecule has 0 aliphatic heterocycles. The van der Waals surface area contributed by atoms with Crippen molar-refractivity contribution in [1.29, 1.82) is 0 Å². The third kappa shape index (κ3) is 5.18. The summed E-state index contributed by atoms with van der Waals surface area (Å²) in [6, 6.07) is 15.2. The van der Waals surface area contributed by atoms with Crippen molar-refractivity contribution in [3.63, 3.8) is 0 Å². The number of nitrogens with two attached hydrogens (primary N) is 1. The zero-order valence-corrected chi connectivity index (χ0v) is 17.0. The van der Waals surface area contributed by atoms with Gasteiger partial charge < -0.3 is 10.6 Å². The lowest BCUT2D eigenvalue weighted by molar-refractivity contribution is -0.692. The molecular formula is C23H33N2O+. The summed E-state index contributed by atoms with van der Waals surface area (Å²) in [6.45, 7) is 13.3. The molecule has 1 atom stereocenters. The number of benzene rings is 2. The van der Waals surface area contributed by atoms with Crippen LogP contribution < -0.4 is 10.6 Å². The smallest absolute Gasteiger partial charge is 0.279 e. The summed E-state index contributed by atoms with van der Waals surface area (Å²) >= 11 is 0. The Labute approximate surface area is 158 Å². The highest BCUT2D eigenvalue weighted by atomic mass is 16.1. The van der Waals surface area contributed by atoms with Gasteiger partial charge in [-0.1, -0.05) is 70.2 Å². The van der Waals surface area contributed by atoms with Crippen molar-refractivity contribution in [1.82, 2.24) is 0 Å². The Morgan fingerprint density at radius 3 is 1.96 bits per heavy atom. The van der Waals surface area contributed by atoms with Gasteiger partial charge in [-0.25, -0.2) is 0 Å². The fraction of sp³-hybridized carbons (Fsp3) is 0.435. The lowest BCUT2D eigenvalue weighted by Gasteiger charge is -2.20. The first kappa shape index (κ1) is 20.2. The standard InChI is InChI=1S/C23H32N2O/c1-15(2)19-10-12-20(13-11-19)22(16(3)4)24-14-21(26)25-23-17(5)8-7-9-18(23)6/h7-13,15-16,22,24H,14H2,1-6H3,(H,25,26)/p+1/t22-/m0/s1. The highest BCUT2D eigenvalue weighted by molar-refractivity contribution is 5.92. The second-order valence-corrected chi connectivity index (χ2v) is 7.85. The Bertz CT molecular complexity index is 712. The van der Waals surface area contributed by atoms with E-state index < -0.39 is 0 Å². The van der Waals surface area contributed by atoms with Crippen molar-refractivity contribution < 1.29 is 10.1 Å². The number of carbonyl (C=O) groups excluding carboxylic acids is 1. The van der Waals surface area contributed by atoms with E-state index in [1.807, 2.05) is 32.0 Å². The first-order valence-electron chi connectivity index (χ1n) is 9.58. The van der Waals surface area contributed by atoms with Crippen LogP contribution in [0.3, 0.4) is 0 Å². The molecule has 0 spiro atoms.